The molecule has 1 N–H and O–H groups in total. The molecule has 0 bridgehead atoms. The molecule has 0 atom stereocenters. The molecule has 0 aliphatic carbocycles. The molecular weight excluding hydrogens is 274 g/mol. The van der Waals surface area contributed by atoms with E-state index in [0.29, 0.717) is 10.7 Å². The molecule has 4 heteroatoms. The number of hydrogen-bond acceptors (Lipinski definition) is 2. The molecule has 0 heterocycles. The lowest BCUT2D eigenvalue weighted by molar-refractivity contribution is 0.144. The number of benzene rings is 2. The van der Waals surface area contributed by atoms with Crippen LogP contribution in [0, 0.1) is 0 Å². The topological polar surface area (TPSA) is 38.3 Å². The Morgan fingerprint density at radius 3 is 2.40 bits per heavy atom. The molecule has 0 spiro atoms. The Hall–Kier alpha value is -2.26. The van der Waals surface area contributed by atoms with E-state index in [0.717, 1.165) is 11.1 Å². The fraction of sp³-hybridized carbons (Fsp3) is 0.0625. The van der Waals surface area contributed by atoms with Gasteiger partial charge >= 0.3 is 6.09 Å². The van der Waals surface area contributed by atoms with Gasteiger partial charge in [-0.3, -0.25) is 5.32 Å². The van der Waals surface area contributed by atoms with Crippen LogP contribution < -0.4 is 5.32 Å². The SMILES string of the molecule is C=C(NC(=O)OCc1ccccc1)c1ccc(Cl)cc1. The lowest BCUT2D eigenvalue weighted by atomic mass is 10.2. The van der Waals surface area contributed by atoms with Crippen LogP contribution in [0.15, 0.2) is 61.2 Å². The Morgan fingerprint density at radius 2 is 1.75 bits per heavy atom. The third-order valence-electron chi connectivity index (χ3n) is 2.66. The summed E-state index contributed by atoms with van der Waals surface area (Å²) in [6, 6.07) is 16.5. The minimum atomic E-state index is -0.534. The Bertz CT molecular complexity index is 594. The second-order valence-corrected chi connectivity index (χ2v) is 4.61. The first-order chi connectivity index (χ1) is 9.65. The van der Waals surface area contributed by atoms with Gasteiger partial charge < -0.3 is 4.74 Å². The zero-order valence-corrected chi connectivity index (χ0v) is 11.6. The first-order valence-electron chi connectivity index (χ1n) is 6.08. The first kappa shape index (κ1) is 14.2. The summed E-state index contributed by atoms with van der Waals surface area (Å²) < 4.78 is 5.11. The molecule has 102 valence electrons. The average molecular weight is 288 g/mol. The zero-order valence-electron chi connectivity index (χ0n) is 10.8. The molecule has 0 saturated carbocycles. The summed E-state index contributed by atoms with van der Waals surface area (Å²) >= 11 is 5.80. The van der Waals surface area contributed by atoms with Crippen LogP contribution in [0.4, 0.5) is 4.79 Å². The summed E-state index contributed by atoms with van der Waals surface area (Å²) in [6.07, 6.45) is -0.534. The van der Waals surface area contributed by atoms with Gasteiger partial charge in [-0.05, 0) is 23.3 Å². The van der Waals surface area contributed by atoms with Crippen LogP contribution in [-0.4, -0.2) is 6.09 Å². The van der Waals surface area contributed by atoms with Gasteiger partial charge in [-0.15, -0.1) is 0 Å². The van der Waals surface area contributed by atoms with Gasteiger partial charge in [0.05, 0.1) is 0 Å². The summed E-state index contributed by atoms with van der Waals surface area (Å²) in [5, 5.41) is 3.22. The maximum Gasteiger partial charge on any atom is 0.411 e. The van der Waals surface area contributed by atoms with Crippen molar-refractivity contribution in [3.63, 3.8) is 0 Å². The fourth-order valence-corrected chi connectivity index (χ4v) is 1.73. The minimum absolute atomic E-state index is 0.223. The van der Waals surface area contributed by atoms with Gasteiger partial charge in [-0.2, -0.15) is 0 Å². The fourth-order valence-electron chi connectivity index (χ4n) is 1.61. The van der Waals surface area contributed by atoms with E-state index in [9.17, 15) is 4.79 Å². The highest BCUT2D eigenvalue weighted by Gasteiger charge is 2.06. The third-order valence-corrected chi connectivity index (χ3v) is 2.91. The van der Waals surface area contributed by atoms with Gasteiger partial charge in [0.15, 0.2) is 0 Å². The van der Waals surface area contributed by atoms with E-state index >= 15 is 0 Å². The van der Waals surface area contributed by atoms with E-state index < -0.39 is 6.09 Å². The molecular formula is C16H14ClNO2. The van der Waals surface area contributed by atoms with Crippen molar-refractivity contribution in [3.05, 3.63) is 77.3 Å². The number of hydrogen-bond donors (Lipinski definition) is 1. The van der Waals surface area contributed by atoms with E-state index in [1.807, 2.05) is 30.3 Å². The van der Waals surface area contributed by atoms with Crippen molar-refractivity contribution in [3.8, 4) is 0 Å². The Labute approximate surface area is 122 Å². The number of amides is 1. The third kappa shape index (κ3) is 4.14. The number of carbonyl (C=O) groups is 1. The van der Waals surface area contributed by atoms with Gasteiger partial charge in [0.2, 0.25) is 0 Å². The molecule has 0 radical (unpaired) electrons. The summed E-state index contributed by atoms with van der Waals surface area (Å²) in [7, 11) is 0. The first-order valence-corrected chi connectivity index (χ1v) is 6.45. The highest BCUT2D eigenvalue weighted by Crippen LogP contribution is 2.14. The number of ether oxygens (including phenoxy) is 1. The van der Waals surface area contributed by atoms with Crippen LogP contribution in [-0.2, 0) is 11.3 Å². The molecule has 1 amide bonds. The van der Waals surface area contributed by atoms with Crippen molar-refractivity contribution in [1.82, 2.24) is 5.32 Å². The number of carbonyl (C=O) groups excluding carboxylic acids is 1. The van der Waals surface area contributed by atoms with E-state index in [2.05, 4.69) is 11.9 Å². The van der Waals surface area contributed by atoms with E-state index in [-0.39, 0.29) is 6.61 Å². The minimum Gasteiger partial charge on any atom is -0.444 e. The van der Waals surface area contributed by atoms with Crippen LogP contribution in [0.3, 0.4) is 0 Å². The van der Waals surface area contributed by atoms with Crippen LogP contribution in [0.5, 0.6) is 0 Å². The number of rotatable bonds is 4. The van der Waals surface area contributed by atoms with Gasteiger partial charge in [0.25, 0.3) is 0 Å². The molecule has 2 aromatic carbocycles. The van der Waals surface area contributed by atoms with Crippen molar-refractivity contribution in [2.75, 3.05) is 0 Å². The quantitative estimate of drug-likeness (QED) is 0.913. The van der Waals surface area contributed by atoms with Crippen molar-refractivity contribution >= 4 is 23.4 Å². The van der Waals surface area contributed by atoms with Gasteiger partial charge in [0, 0.05) is 10.7 Å². The highest BCUT2D eigenvalue weighted by molar-refractivity contribution is 6.30. The van der Waals surface area contributed by atoms with Crippen LogP contribution in [0.25, 0.3) is 5.70 Å². The molecule has 0 aromatic heterocycles. The molecule has 0 saturated heterocycles. The standard InChI is InChI=1S/C16H14ClNO2/c1-12(14-7-9-15(17)10-8-14)18-16(19)20-11-13-5-3-2-4-6-13/h2-10H,1,11H2,(H,18,19). The van der Waals surface area contributed by atoms with Crippen LogP contribution in [0.2, 0.25) is 5.02 Å². The number of alkyl carbamates (subject to hydrolysis) is 1. The predicted molar refractivity (Wildman–Crippen MR) is 80.2 cm³/mol. The molecule has 0 unspecified atom stereocenters. The number of nitrogens with one attached hydrogen (secondary N) is 1. The smallest absolute Gasteiger partial charge is 0.411 e. The molecule has 0 aliphatic heterocycles. The molecule has 0 fully saturated rings. The lowest BCUT2D eigenvalue weighted by Gasteiger charge is -2.09. The van der Waals surface area contributed by atoms with E-state index in [1.54, 1.807) is 24.3 Å². The predicted octanol–water partition coefficient (Wildman–Crippen LogP) is 4.24. The summed E-state index contributed by atoms with van der Waals surface area (Å²) in [5.74, 6) is 0. The van der Waals surface area contributed by atoms with Crippen molar-refractivity contribution < 1.29 is 9.53 Å². The average Bonchev–Trinajstić information content (AvgIpc) is 2.47. The van der Waals surface area contributed by atoms with Crippen molar-refractivity contribution in [2.24, 2.45) is 0 Å². The molecule has 2 aromatic rings. The molecule has 0 aliphatic rings. The highest BCUT2D eigenvalue weighted by atomic mass is 35.5. The van der Waals surface area contributed by atoms with Gasteiger partial charge in [-0.25, -0.2) is 4.79 Å². The maximum atomic E-state index is 11.6. The lowest BCUT2D eigenvalue weighted by Crippen LogP contribution is -2.22. The molecule has 2 rings (SSSR count). The van der Waals surface area contributed by atoms with Crippen molar-refractivity contribution in [1.29, 1.82) is 0 Å². The van der Waals surface area contributed by atoms with E-state index in [1.165, 1.54) is 0 Å². The largest absolute Gasteiger partial charge is 0.444 e. The zero-order chi connectivity index (χ0) is 14.4. The van der Waals surface area contributed by atoms with E-state index in [4.69, 9.17) is 16.3 Å². The Morgan fingerprint density at radius 1 is 1.10 bits per heavy atom. The van der Waals surface area contributed by atoms with Crippen LogP contribution in [0.1, 0.15) is 11.1 Å². The van der Waals surface area contributed by atoms with Crippen LogP contribution >= 0.6 is 11.6 Å². The molecule has 20 heavy (non-hydrogen) atoms. The summed E-state index contributed by atoms with van der Waals surface area (Å²) in [4.78, 5) is 11.6. The van der Waals surface area contributed by atoms with Gasteiger partial charge in [0.1, 0.15) is 6.61 Å². The van der Waals surface area contributed by atoms with Crippen molar-refractivity contribution in [2.45, 2.75) is 6.61 Å². The number of halogens is 1. The Kier molecular flexibility index (Phi) is 4.80. The second kappa shape index (κ2) is 6.78. The maximum absolute atomic E-state index is 11.6. The molecule has 3 nitrogen and oxygen atoms in total. The normalized spacial score (nSPS) is 9.85. The Balaban J connectivity index is 1.85. The monoisotopic (exact) mass is 287 g/mol. The second-order valence-electron chi connectivity index (χ2n) is 4.17. The van der Waals surface area contributed by atoms with Gasteiger partial charge in [-0.1, -0.05) is 60.6 Å². The summed E-state index contributed by atoms with van der Waals surface area (Å²) in [5.41, 5.74) is 2.19. The summed E-state index contributed by atoms with van der Waals surface area (Å²) in [6.45, 7) is 4.02.